The largest absolute Gasteiger partial charge is 0.358 e. The number of fused-ring (bicyclic) bond motifs is 1. The zero-order valence-electron chi connectivity index (χ0n) is 21.3. The Kier molecular flexibility index (Phi) is 7.09. The second kappa shape index (κ2) is 10.5. The monoisotopic (exact) mass is 533 g/mol. The number of Topliss-reactive ketones (excluding diaryl/α,β-unsaturated/α-hetero) is 1. The number of nitrogens with one attached hydrogen (secondary N) is 2. The first-order chi connectivity index (χ1) is 18.2. The molecule has 0 spiro atoms. The van der Waals surface area contributed by atoms with Crippen molar-refractivity contribution in [2.45, 2.75) is 39.4 Å². The third-order valence-electron chi connectivity index (χ3n) is 7.00. The molecule has 2 unspecified atom stereocenters. The summed E-state index contributed by atoms with van der Waals surface area (Å²) in [4.78, 5) is 50.5. The highest BCUT2D eigenvalue weighted by atomic mass is 32.1. The fourth-order valence-electron chi connectivity index (χ4n) is 4.98. The van der Waals surface area contributed by atoms with E-state index >= 15 is 0 Å². The average molecular weight is 534 g/mol. The fraction of sp³-hybridized carbons (Fsp3) is 0.286. The molecule has 2 aromatic heterocycles. The van der Waals surface area contributed by atoms with Crippen LogP contribution >= 0.6 is 11.3 Å². The maximum Gasteiger partial charge on any atom is 0.298 e. The van der Waals surface area contributed by atoms with E-state index in [2.05, 4.69) is 27.1 Å². The van der Waals surface area contributed by atoms with Gasteiger partial charge in [-0.05, 0) is 56.7 Å². The van der Waals surface area contributed by atoms with E-state index in [4.69, 9.17) is 0 Å². The van der Waals surface area contributed by atoms with Gasteiger partial charge in [0.1, 0.15) is 5.82 Å². The van der Waals surface area contributed by atoms with Gasteiger partial charge in [0.25, 0.3) is 17.6 Å². The molecule has 8 nitrogen and oxygen atoms in total. The predicted molar refractivity (Wildman–Crippen MR) is 145 cm³/mol. The van der Waals surface area contributed by atoms with Crippen LogP contribution in [0.1, 0.15) is 45.8 Å². The van der Waals surface area contributed by atoms with Gasteiger partial charge in [-0.1, -0.05) is 12.1 Å². The SMILES string of the molecule is Cc1[nH]c2ccc(C(=O)C(=O)Nc3nccs3)cc2c1C(=O)N1CC(C)N(Cc2ccc(F)cc2)CC1C. The molecule has 196 valence electrons. The lowest BCUT2D eigenvalue weighted by atomic mass is 10.0. The molecular weight excluding hydrogens is 505 g/mol. The van der Waals surface area contributed by atoms with Crippen molar-refractivity contribution >= 4 is 45.0 Å². The summed E-state index contributed by atoms with van der Waals surface area (Å²) in [6, 6.07) is 11.4. The number of amides is 2. The van der Waals surface area contributed by atoms with Crippen molar-refractivity contribution in [3.05, 3.63) is 82.2 Å². The predicted octanol–water partition coefficient (Wildman–Crippen LogP) is 4.63. The maximum absolute atomic E-state index is 13.9. The Hall–Kier alpha value is -3.89. The number of hydrogen-bond acceptors (Lipinski definition) is 6. The van der Waals surface area contributed by atoms with Gasteiger partial charge in [0.15, 0.2) is 5.13 Å². The highest BCUT2D eigenvalue weighted by Gasteiger charge is 2.34. The van der Waals surface area contributed by atoms with E-state index in [-0.39, 0.29) is 29.4 Å². The van der Waals surface area contributed by atoms with Gasteiger partial charge in [-0.3, -0.25) is 24.6 Å². The minimum atomic E-state index is -0.779. The third-order valence-corrected chi connectivity index (χ3v) is 7.68. The third kappa shape index (κ3) is 5.09. The molecule has 0 bridgehead atoms. The van der Waals surface area contributed by atoms with Crippen LogP contribution in [0, 0.1) is 12.7 Å². The highest BCUT2D eigenvalue weighted by Crippen LogP contribution is 2.28. The van der Waals surface area contributed by atoms with Crippen molar-refractivity contribution in [2.24, 2.45) is 0 Å². The number of H-pyrrole nitrogens is 1. The number of aromatic nitrogens is 2. The Morgan fingerprint density at radius 3 is 2.58 bits per heavy atom. The molecule has 1 aliphatic heterocycles. The van der Waals surface area contributed by atoms with Crippen LogP contribution in [0.3, 0.4) is 0 Å². The number of aryl methyl sites for hydroxylation is 1. The smallest absolute Gasteiger partial charge is 0.298 e. The zero-order chi connectivity index (χ0) is 27.0. The first kappa shape index (κ1) is 25.7. The summed E-state index contributed by atoms with van der Waals surface area (Å²) < 4.78 is 13.3. The molecule has 2 N–H and O–H groups in total. The van der Waals surface area contributed by atoms with Crippen LogP contribution in [0.15, 0.2) is 54.0 Å². The number of piperazine rings is 1. The Balaban J connectivity index is 1.36. The molecule has 1 saturated heterocycles. The van der Waals surface area contributed by atoms with E-state index in [1.807, 2.05) is 18.7 Å². The van der Waals surface area contributed by atoms with Crippen molar-refractivity contribution < 1.29 is 18.8 Å². The minimum Gasteiger partial charge on any atom is -0.358 e. The van der Waals surface area contributed by atoms with E-state index in [1.54, 1.807) is 41.9 Å². The molecule has 2 aromatic carbocycles. The maximum atomic E-state index is 13.9. The topological polar surface area (TPSA) is 98.4 Å². The Bertz CT molecular complexity index is 1500. The molecule has 0 aliphatic carbocycles. The fourth-order valence-corrected chi connectivity index (χ4v) is 5.51. The first-order valence-electron chi connectivity index (χ1n) is 12.4. The Morgan fingerprint density at radius 2 is 1.87 bits per heavy atom. The van der Waals surface area contributed by atoms with Crippen molar-refractivity contribution in [2.75, 3.05) is 18.4 Å². The molecule has 10 heteroatoms. The summed E-state index contributed by atoms with van der Waals surface area (Å²) in [7, 11) is 0. The summed E-state index contributed by atoms with van der Waals surface area (Å²) in [5, 5.41) is 5.17. The lowest BCUT2D eigenvalue weighted by molar-refractivity contribution is -0.112. The van der Waals surface area contributed by atoms with Gasteiger partial charge in [-0.15, -0.1) is 11.3 Å². The number of carbonyl (C=O) groups is 3. The molecule has 0 saturated carbocycles. The zero-order valence-corrected chi connectivity index (χ0v) is 22.1. The van der Waals surface area contributed by atoms with Crippen molar-refractivity contribution in [1.29, 1.82) is 0 Å². The lowest BCUT2D eigenvalue weighted by Gasteiger charge is -2.44. The molecule has 5 rings (SSSR count). The van der Waals surface area contributed by atoms with Gasteiger partial charge in [-0.2, -0.15) is 0 Å². The molecule has 1 aliphatic rings. The lowest BCUT2D eigenvalue weighted by Crippen LogP contribution is -2.57. The van der Waals surface area contributed by atoms with E-state index in [0.717, 1.165) is 11.1 Å². The molecule has 38 heavy (non-hydrogen) atoms. The van der Waals surface area contributed by atoms with Gasteiger partial charge in [0.05, 0.1) is 5.56 Å². The number of anilines is 1. The number of nitrogens with zero attached hydrogens (tertiary/aromatic N) is 3. The summed E-state index contributed by atoms with van der Waals surface area (Å²) in [5.74, 6) is -1.86. The van der Waals surface area contributed by atoms with Gasteiger partial charge in [-0.25, -0.2) is 9.37 Å². The average Bonchev–Trinajstić information content (AvgIpc) is 3.52. The number of hydrogen-bond donors (Lipinski definition) is 2. The quantitative estimate of drug-likeness (QED) is 0.278. The van der Waals surface area contributed by atoms with Crippen LogP contribution in [0.5, 0.6) is 0 Å². The molecule has 2 atom stereocenters. The summed E-state index contributed by atoms with van der Waals surface area (Å²) >= 11 is 1.22. The summed E-state index contributed by atoms with van der Waals surface area (Å²) in [6.07, 6.45) is 1.54. The van der Waals surface area contributed by atoms with E-state index < -0.39 is 11.7 Å². The van der Waals surface area contributed by atoms with Gasteiger partial charge in [0, 0.05) is 65.5 Å². The first-order valence-corrected chi connectivity index (χ1v) is 13.3. The Labute approximate surface area is 223 Å². The number of carbonyl (C=O) groups excluding carboxylic acids is 3. The number of aromatic amines is 1. The van der Waals surface area contributed by atoms with Crippen molar-refractivity contribution in [1.82, 2.24) is 19.8 Å². The second-order valence-electron chi connectivity index (χ2n) is 9.72. The number of rotatable bonds is 6. The van der Waals surface area contributed by atoms with Gasteiger partial charge in [0.2, 0.25) is 0 Å². The molecule has 0 radical (unpaired) electrons. The van der Waals surface area contributed by atoms with Crippen LogP contribution in [0.25, 0.3) is 10.9 Å². The Morgan fingerprint density at radius 1 is 1.11 bits per heavy atom. The normalized spacial score (nSPS) is 18.1. The summed E-state index contributed by atoms with van der Waals surface area (Å²) in [6.45, 7) is 7.81. The molecule has 2 amide bonds. The van der Waals surface area contributed by atoms with Crippen LogP contribution in [-0.2, 0) is 11.3 Å². The van der Waals surface area contributed by atoms with E-state index in [9.17, 15) is 18.8 Å². The van der Waals surface area contributed by atoms with E-state index in [0.29, 0.717) is 41.4 Å². The second-order valence-corrected chi connectivity index (χ2v) is 10.6. The number of thiazole rings is 1. The molecule has 1 fully saturated rings. The van der Waals surface area contributed by atoms with Crippen molar-refractivity contribution in [3.8, 4) is 0 Å². The summed E-state index contributed by atoms with van der Waals surface area (Å²) in [5.41, 5.74) is 3.15. The highest BCUT2D eigenvalue weighted by molar-refractivity contribution is 7.13. The van der Waals surface area contributed by atoms with E-state index in [1.165, 1.54) is 23.5 Å². The molecule has 3 heterocycles. The van der Waals surface area contributed by atoms with Gasteiger partial charge < -0.3 is 9.88 Å². The number of ketones is 1. The van der Waals surface area contributed by atoms with Crippen molar-refractivity contribution in [3.63, 3.8) is 0 Å². The number of halogens is 1. The number of benzene rings is 2. The van der Waals surface area contributed by atoms with Gasteiger partial charge >= 0.3 is 0 Å². The standard InChI is InChI=1S/C28H28FN5O3S/c1-16-14-34(17(2)13-33(16)15-19-4-7-21(29)8-5-19)27(37)24-18(3)31-23-9-6-20(12-22(23)24)25(35)26(36)32-28-30-10-11-38-28/h4-12,16-17,31H,13-15H2,1-3H3,(H,30,32,36). The molecular formula is C28H28FN5O3S. The van der Waals surface area contributed by atoms with Crippen LogP contribution < -0.4 is 5.32 Å². The molecule has 4 aromatic rings. The van der Waals surface area contributed by atoms with Crippen LogP contribution in [0.2, 0.25) is 0 Å². The van der Waals surface area contributed by atoms with Crippen LogP contribution in [0.4, 0.5) is 9.52 Å². The van der Waals surface area contributed by atoms with Crippen LogP contribution in [-0.4, -0.2) is 62.5 Å². The minimum absolute atomic E-state index is 0.0580.